The number of hydrogen-bond donors (Lipinski definition) is 1. The maximum Gasteiger partial charge on any atom is 0.278 e. The summed E-state index contributed by atoms with van der Waals surface area (Å²) in [6.45, 7) is 3.41. The third kappa shape index (κ3) is 6.68. The van der Waals surface area contributed by atoms with Gasteiger partial charge in [-0.3, -0.25) is 4.79 Å². The first-order chi connectivity index (χ1) is 17.0. The van der Waals surface area contributed by atoms with Gasteiger partial charge in [-0.2, -0.15) is 4.99 Å². The molecule has 0 bridgehead atoms. The molecule has 0 aliphatic carbocycles. The van der Waals surface area contributed by atoms with Gasteiger partial charge in [0.05, 0.1) is 18.9 Å². The van der Waals surface area contributed by atoms with Gasteiger partial charge in [0.2, 0.25) is 0 Å². The van der Waals surface area contributed by atoms with Crippen molar-refractivity contribution >= 4 is 23.1 Å². The van der Waals surface area contributed by atoms with E-state index in [4.69, 9.17) is 9.47 Å². The van der Waals surface area contributed by atoms with Crippen LogP contribution in [0.5, 0.6) is 5.75 Å². The number of hydrogen-bond acceptors (Lipinski definition) is 5. The standard InChI is InChI=1S/C28H32N4O3/c1-31(2)15-16-32(3)23-11-9-22(10-12-23)28(33)30-27-25-14-13-24(19-26(25)29-27)35-18-17-34-20-21-7-5-4-6-8-21/h4-14,19H,15-18,20H2,1-3H3,(H,29,30,33). The lowest BCUT2D eigenvalue weighted by Crippen LogP contribution is -2.28. The number of rotatable bonds is 11. The predicted molar refractivity (Wildman–Crippen MR) is 141 cm³/mol. The van der Waals surface area contributed by atoms with Crippen LogP contribution in [0.1, 0.15) is 21.5 Å². The summed E-state index contributed by atoms with van der Waals surface area (Å²) in [4.78, 5) is 21.2. The molecule has 0 unspecified atom stereocenters. The summed E-state index contributed by atoms with van der Waals surface area (Å²) < 4.78 is 11.4. The van der Waals surface area contributed by atoms with Crippen molar-refractivity contribution in [3.05, 3.63) is 89.5 Å². The predicted octanol–water partition coefficient (Wildman–Crippen LogP) is 4.29. The summed E-state index contributed by atoms with van der Waals surface area (Å²) in [6, 6.07) is 23.3. The number of nitrogens with one attached hydrogen (secondary N) is 1. The molecule has 1 amide bonds. The Balaban J connectivity index is 1.26. The van der Waals surface area contributed by atoms with E-state index in [1.54, 1.807) is 0 Å². The highest BCUT2D eigenvalue weighted by molar-refractivity contribution is 6.25. The minimum atomic E-state index is -0.267. The van der Waals surface area contributed by atoms with Crippen molar-refractivity contribution in [3.63, 3.8) is 0 Å². The summed E-state index contributed by atoms with van der Waals surface area (Å²) in [5, 5.41) is 3.15. The van der Waals surface area contributed by atoms with E-state index >= 15 is 0 Å². The van der Waals surface area contributed by atoms with E-state index in [0.29, 0.717) is 31.2 Å². The van der Waals surface area contributed by atoms with Gasteiger partial charge in [0.15, 0.2) is 0 Å². The largest absolute Gasteiger partial charge is 0.491 e. The molecule has 0 spiro atoms. The van der Waals surface area contributed by atoms with Gasteiger partial charge < -0.3 is 24.6 Å². The minimum absolute atomic E-state index is 0.267. The lowest BCUT2D eigenvalue weighted by atomic mass is 10.0. The Morgan fingerprint density at radius 3 is 2.40 bits per heavy atom. The number of fused-ring (bicyclic) bond motifs is 1. The highest BCUT2D eigenvalue weighted by Gasteiger charge is 2.22. The second-order valence-electron chi connectivity index (χ2n) is 8.76. The van der Waals surface area contributed by atoms with Crippen LogP contribution in [0.2, 0.25) is 0 Å². The quantitative estimate of drug-likeness (QED) is 0.420. The van der Waals surface area contributed by atoms with E-state index in [9.17, 15) is 4.79 Å². The van der Waals surface area contributed by atoms with Crippen LogP contribution in [0.4, 0.5) is 11.4 Å². The van der Waals surface area contributed by atoms with Crippen LogP contribution >= 0.6 is 0 Å². The molecule has 0 saturated carbocycles. The van der Waals surface area contributed by atoms with Crippen LogP contribution in [0.3, 0.4) is 0 Å². The van der Waals surface area contributed by atoms with Crippen molar-refractivity contribution in [3.8, 4) is 5.75 Å². The summed E-state index contributed by atoms with van der Waals surface area (Å²) in [7, 11) is 6.16. The third-order valence-electron chi connectivity index (χ3n) is 5.76. The third-order valence-corrected chi connectivity index (χ3v) is 5.76. The average Bonchev–Trinajstić information content (AvgIpc) is 2.86. The fourth-order valence-electron chi connectivity index (χ4n) is 3.63. The fourth-order valence-corrected chi connectivity index (χ4v) is 3.63. The summed E-state index contributed by atoms with van der Waals surface area (Å²) in [5.74, 6) is 1.06. The number of benzene rings is 3. The lowest BCUT2D eigenvalue weighted by molar-refractivity contribution is 0.0889. The molecule has 0 saturated heterocycles. The molecule has 3 aromatic carbocycles. The van der Waals surface area contributed by atoms with Crippen LogP contribution in [-0.2, 0) is 11.3 Å². The Morgan fingerprint density at radius 1 is 0.914 bits per heavy atom. The zero-order valence-electron chi connectivity index (χ0n) is 20.5. The highest BCUT2D eigenvalue weighted by atomic mass is 16.5. The van der Waals surface area contributed by atoms with E-state index in [1.165, 1.54) is 0 Å². The zero-order valence-corrected chi connectivity index (χ0v) is 20.5. The van der Waals surface area contributed by atoms with Crippen LogP contribution in [0.15, 0.2) is 77.8 Å². The number of amidine groups is 1. The van der Waals surface area contributed by atoms with Crippen molar-refractivity contribution in [1.82, 2.24) is 4.90 Å². The van der Waals surface area contributed by atoms with Crippen molar-refractivity contribution in [2.24, 2.45) is 4.99 Å². The van der Waals surface area contributed by atoms with Crippen LogP contribution in [-0.4, -0.2) is 64.1 Å². The van der Waals surface area contributed by atoms with E-state index in [2.05, 4.69) is 34.2 Å². The van der Waals surface area contributed by atoms with Gasteiger partial charge >= 0.3 is 0 Å². The first-order valence-electron chi connectivity index (χ1n) is 11.7. The zero-order chi connectivity index (χ0) is 24.6. The molecule has 7 nitrogen and oxygen atoms in total. The van der Waals surface area contributed by atoms with E-state index in [0.717, 1.165) is 41.3 Å². The van der Waals surface area contributed by atoms with Gasteiger partial charge in [0.25, 0.3) is 5.91 Å². The molecule has 1 heterocycles. The number of ether oxygens (including phenoxy) is 2. The number of aliphatic imine (C=N–C) groups is 1. The minimum Gasteiger partial charge on any atom is -0.491 e. The summed E-state index contributed by atoms with van der Waals surface area (Å²) in [5.41, 5.74) is 4.58. The Kier molecular flexibility index (Phi) is 8.13. The van der Waals surface area contributed by atoms with Gasteiger partial charge in [-0.25, -0.2) is 0 Å². The van der Waals surface area contributed by atoms with E-state index in [-0.39, 0.29) is 5.91 Å². The molecule has 3 aromatic rings. The molecule has 0 radical (unpaired) electrons. The van der Waals surface area contributed by atoms with Crippen LogP contribution < -0.4 is 15.0 Å². The molecular weight excluding hydrogens is 440 g/mol. The van der Waals surface area contributed by atoms with Gasteiger partial charge in [-0.05, 0) is 56.1 Å². The molecule has 1 aliphatic rings. The van der Waals surface area contributed by atoms with Crippen molar-refractivity contribution < 1.29 is 14.3 Å². The number of likely N-dealkylation sites (N-methyl/N-ethyl adjacent to an activating group) is 2. The molecule has 0 aromatic heterocycles. The Labute approximate surface area is 207 Å². The molecule has 7 heteroatoms. The Hall–Kier alpha value is -3.68. The highest BCUT2D eigenvalue weighted by Crippen LogP contribution is 2.31. The normalized spacial score (nSPS) is 13.2. The smallest absolute Gasteiger partial charge is 0.278 e. The molecule has 35 heavy (non-hydrogen) atoms. The van der Waals surface area contributed by atoms with Crippen molar-refractivity contribution in [2.75, 3.05) is 57.7 Å². The molecular formula is C28H32N4O3. The van der Waals surface area contributed by atoms with Crippen LogP contribution in [0, 0.1) is 0 Å². The van der Waals surface area contributed by atoms with Gasteiger partial charge in [0, 0.05) is 43.0 Å². The topological polar surface area (TPSA) is 66.4 Å². The molecule has 0 fully saturated rings. The van der Waals surface area contributed by atoms with E-state index in [1.807, 2.05) is 79.8 Å². The van der Waals surface area contributed by atoms with Gasteiger partial charge in [-0.1, -0.05) is 30.3 Å². The average molecular weight is 473 g/mol. The molecule has 4 rings (SSSR count). The molecule has 182 valence electrons. The SMILES string of the molecule is CN(C)CCN(C)c1ccc(C(=O)N=C2Nc3cc(OCCOCc4ccccc4)ccc32)cc1. The molecule has 1 aliphatic heterocycles. The van der Waals surface area contributed by atoms with E-state index < -0.39 is 0 Å². The first-order valence-corrected chi connectivity index (χ1v) is 11.7. The number of anilines is 2. The summed E-state index contributed by atoms with van der Waals surface area (Å²) in [6.07, 6.45) is 0. The molecule has 1 N–H and O–H groups in total. The second kappa shape index (κ2) is 11.6. The molecule has 0 atom stereocenters. The van der Waals surface area contributed by atoms with Gasteiger partial charge in [0.1, 0.15) is 18.2 Å². The maximum absolute atomic E-state index is 12.6. The van der Waals surface area contributed by atoms with Gasteiger partial charge in [-0.15, -0.1) is 0 Å². The van der Waals surface area contributed by atoms with Crippen molar-refractivity contribution in [2.45, 2.75) is 6.61 Å². The lowest BCUT2D eigenvalue weighted by Gasteiger charge is -2.24. The number of amides is 1. The monoisotopic (exact) mass is 472 g/mol. The van der Waals surface area contributed by atoms with Crippen LogP contribution in [0.25, 0.3) is 0 Å². The number of carbonyl (C=O) groups is 1. The first kappa shape index (κ1) is 24.4. The Morgan fingerprint density at radius 2 is 1.69 bits per heavy atom. The summed E-state index contributed by atoms with van der Waals surface area (Å²) >= 11 is 0. The van der Waals surface area contributed by atoms with Crippen molar-refractivity contribution in [1.29, 1.82) is 0 Å². The maximum atomic E-state index is 12.6. The second-order valence-corrected chi connectivity index (χ2v) is 8.76. The number of nitrogens with zero attached hydrogens (tertiary/aromatic N) is 3. The number of carbonyl (C=O) groups excluding carboxylic acids is 1. The Bertz CT molecular complexity index is 1160. The fraction of sp³-hybridized carbons (Fsp3) is 0.286.